The molecule has 3 aliphatic heterocycles. The lowest BCUT2D eigenvalue weighted by atomic mass is 9.94. The largest absolute Gasteiger partial charge is 0.208 e. The van der Waals surface area contributed by atoms with Crippen LogP contribution in [-0.4, -0.2) is 69.1 Å². The maximum atomic E-state index is 5.32. The predicted octanol–water partition coefficient (Wildman–Crippen LogP) is 30.5. The van der Waals surface area contributed by atoms with E-state index in [1.807, 2.05) is 18.2 Å². The molecule has 0 atom stereocenters. The van der Waals surface area contributed by atoms with Gasteiger partial charge in [0.05, 0.1) is 0 Å². The van der Waals surface area contributed by atoms with Gasteiger partial charge in [0.1, 0.15) is 24.2 Å². The molecule has 0 radical (unpaired) electrons. The van der Waals surface area contributed by atoms with Crippen molar-refractivity contribution in [1.29, 1.82) is 0 Å². The molecule has 12 heteroatoms. The minimum absolute atomic E-state index is 0.661. The maximum Gasteiger partial charge on any atom is 0.164 e. The van der Waals surface area contributed by atoms with Gasteiger partial charge < -0.3 is 0 Å². The molecule has 0 N–H and O–H groups in total. The fourth-order valence-corrected chi connectivity index (χ4v) is 31.8. The van der Waals surface area contributed by atoms with E-state index in [1.54, 1.807) is 0 Å². The molecule has 6 heterocycles. The molecule has 24 aromatic rings. The Morgan fingerprint density at radius 1 is 0.129 bits per heavy atom. The number of hydrogen-bond donors (Lipinski definition) is 0. The van der Waals surface area contributed by atoms with Gasteiger partial charge in [0, 0.05) is 50.1 Å². The first-order valence-electron chi connectivity index (χ1n) is 50.4. The third kappa shape index (κ3) is 17.0. The van der Waals surface area contributed by atoms with Crippen molar-refractivity contribution in [2.24, 2.45) is 0 Å². The van der Waals surface area contributed by atoms with Gasteiger partial charge in [-0.25, -0.2) is 44.9 Å². The summed E-state index contributed by atoms with van der Waals surface area (Å²) in [5.74, 6) is 6.11. The lowest BCUT2D eigenvalue weighted by Crippen LogP contribution is -2.50. The average Bonchev–Trinajstić information content (AvgIpc) is 1.57. The minimum atomic E-state index is -2.02. The number of aromatic nitrogens is 9. The summed E-state index contributed by atoms with van der Waals surface area (Å²) >= 11 is 0. The van der Waals surface area contributed by atoms with Gasteiger partial charge in [-0.2, -0.15) is 0 Å². The molecule has 0 unspecified atom stereocenters. The van der Waals surface area contributed by atoms with E-state index in [-0.39, 0.29) is 0 Å². The summed E-state index contributed by atoms with van der Waals surface area (Å²) in [6, 6.07) is 175. The van der Waals surface area contributed by atoms with Gasteiger partial charge in [0.2, 0.25) is 0 Å². The molecule has 21 aromatic carbocycles. The highest BCUT2D eigenvalue weighted by molar-refractivity contribution is 7.05. The monoisotopic (exact) mass is 1930 g/mol. The summed E-state index contributed by atoms with van der Waals surface area (Å²) in [4.78, 5) is 46.8. The summed E-state index contributed by atoms with van der Waals surface area (Å²) in [5, 5.41) is 15.6. The number of rotatable bonds is 15. The SMILES string of the molecule is C[Si]1(C)c2ccccc2-c2c(-c3nc(-c4cccc(-c5ccccc5)c4)nc(-c4ccc(-c5ccccc5)c5ccccc45)n3)cccc21.C[Si]1(C)c2ccccc2-c2ccc(-c3nc(-c4ccc(-c5ccccc5)cc4)nc(-c4ccc5cc(-c6ccccc6)ccc5c4)n3)cc21.C[Si]1(C)c2ccccc2-c2cccc(-c3nc(-c4ccc(-c5ccccc5)cc4)nc(-c4ccc5cc(-c6ccccc6)ccc5c4)n3)c21. The number of nitrogens with zero attached hydrogens (tertiary/aromatic N) is 9. The van der Waals surface area contributed by atoms with Crippen molar-refractivity contribution < 1.29 is 0 Å². The molecule has 0 saturated heterocycles. The molecule has 696 valence electrons. The van der Waals surface area contributed by atoms with Crippen LogP contribution in [0.2, 0.25) is 39.3 Å². The van der Waals surface area contributed by atoms with Crippen LogP contribution in [-0.2, 0) is 0 Å². The van der Waals surface area contributed by atoms with Gasteiger partial charge >= 0.3 is 0 Å². The molecule has 0 aliphatic carbocycles. The normalized spacial score (nSPS) is 12.9. The Labute approximate surface area is 859 Å². The second kappa shape index (κ2) is 37.7. The average molecular weight is 1930 g/mol. The molecule has 0 amide bonds. The van der Waals surface area contributed by atoms with E-state index in [1.165, 1.54) is 125 Å². The zero-order chi connectivity index (χ0) is 98.9. The van der Waals surface area contributed by atoms with Crippen LogP contribution >= 0.6 is 0 Å². The Morgan fingerprint density at radius 2 is 0.381 bits per heavy atom. The van der Waals surface area contributed by atoms with Gasteiger partial charge in [-0.05, 0) is 200 Å². The molecule has 0 saturated carbocycles. The van der Waals surface area contributed by atoms with E-state index in [2.05, 4.69) is 512 Å². The smallest absolute Gasteiger partial charge is 0.164 e. The van der Waals surface area contributed by atoms with E-state index >= 15 is 0 Å². The lowest BCUT2D eigenvalue weighted by Gasteiger charge is -2.22. The van der Waals surface area contributed by atoms with Gasteiger partial charge in [0.15, 0.2) is 52.4 Å². The van der Waals surface area contributed by atoms with Gasteiger partial charge in [-0.15, -0.1) is 0 Å². The molecule has 3 aliphatic rings. The fourth-order valence-electron chi connectivity index (χ4n) is 22.2. The molecule has 27 rings (SSSR count). The van der Waals surface area contributed by atoms with Crippen molar-refractivity contribution in [3.63, 3.8) is 0 Å². The zero-order valence-corrected chi connectivity index (χ0v) is 85.3. The molecule has 0 spiro atoms. The van der Waals surface area contributed by atoms with Gasteiger partial charge in [0.25, 0.3) is 0 Å². The number of hydrogen-bond acceptors (Lipinski definition) is 9. The van der Waals surface area contributed by atoms with Gasteiger partial charge in [-0.1, -0.05) is 494 Å². The first kappa shape index (κ1) is 90.4. The standard InChI is InChI=1S/3C45H33N3Si/c1-49(2)40-25-12-11-23-38(40)42-39(24-14-26-41(42)49)45-47-43(33-20-13-19-32(29-33)30-15-5-3-6-16-30)46-44(48-45)37-28-27-34(31-17-7-4-8-18-31)35-21-9-10-22-36(35)37;1-49(2)41-19-10-9-16-38(41)39-17-11-18-40(42(39)49)45-47-43(33-22-20-32(21-23-33)30-12-5-3-6-13-30)46-44(48-45)37-27-26-35-28-34(24-25-36(35)29-37)31-14-7-4-8-15-31;1-49(2)41-16-10-9-15-39(41)40-26-25-38(29-42(40)49)45-47-43(33-19-17-32(18-20-33)30-11-5-3-6-12-30)46-44(48-45)37-24-23-35-27-34(21-22-36(35)28-37)31-13-7-4-8-14-31/h3*3-29H,1-2H3. The number of benzene rings is 21. The van der Waals surface area contributed by atoms with Crippen LogP contribution in [0.5, 0.6) is 0 Å². The first-order valence-corrected chi connectivity index (χ1v) is 59.4. The highest BCUT2D eigenvalue weighted by Crippen LogP contribution is 2.44. The van der Waals surface area contributed by atoms with Crippen LogP contribution in [0.15, 0.2) is 491 Å². The fraction of sp³-hybridized carbons (Fsp3) is 0.0444. The highest BCUT2D eigenvalue weighted by atomic mass is 28.3. The minimum Gasteiger partial charge on any atom is -0.208 e. The van der Waals surface area contributed by atoms with Crippen molar-refractivity contribution in [3.05, 3.63) is 491 Å². The van der Waals surface area contributed by atoms with E-state index in [0.717, 1.165) is 94.3 Å². The van der Waals surface area contributed by atoms with Crippen molar-refractivity contribution >= 4 is 87.7 Å². The quantitative estimate of drug-likeness (QED) is 0.0925. The number of fused-ring (bicyclic) bond motifs is 12. The maximum absolute atomic E-state index is 5.32. The van der Waals surface area contributed by atoms with Crippen molar-refractivity contribution in [2.45, 2.75) is 39.3 Å². The zero-order valence-electron chi connectivity index (χ0n) is 82.3. The Kier molecular flexibility index (Phi) is 23.2. The predicted molar refractivity (Wildman–Crippen MR) is 620 cm³/mol. The molecule has 3 aromatic heterocycles. The summed E-state index contributed by atoms with van der Waals surface area (Å²) < 4.78 is 0. The van der Waals surface area contributed by atoms with Crippen molar-refractivity contribution in [2.75, 3.05) is 0 Å². The molecule has 147 heavy (non-hydrogen) atoms. The third-order valence-electron chi connectivity index (χ3n) is 29.8. The Bertz CT molecular complexity index is 9230. The summed E-state index contributed by atoms with van der Waals surface area (Å²) in [5.41, 5.74) is 31.1. The Hall–Kier alpha value is -17.9. The first-order chi connectivity index (χ1) is 72.1. The van der Waals surface area contributed by atoms with E-state index in [4.69, 9.17) is 44.9 Å². The Morgan fingerprint density at radius 3 is 0.878 bits per heavy atom. The topological polar surface area (TPSA) is 116 Å². The third-order valence-corrected chi connectivity index (χ3v) is 40.5. The molecule has 0 bridgehead atoms. The van der Waals surface area contributed by atoms with Crippen LogP contribution < -0.4 is 31.1 Å². The molecular formula is C135H99N9Si3. The lowest BCUT2D eigenvalue weighted by molar-refractivity contribution is 1.07. The van der Waals surface area contributed by atoms with Crippen LogP contribution in [0, 0.1) is 0 Å². The molecule has 0 fully saturated rings. The van der Waals surface area contributed by atoms with Crippen LogP contribution in [0.3, 0.4) is 0 Å². The summed E-state index contributed by atoms with van der Waals surface area (Å²) in [6.07, 6.45) is 0. The summed E-state index contributed by atoms with van der Waals surface area (Å²) in [7, 11) is -5.78. The highest BCUT2D eigenvalue weighted by Gasteiger charge is 2.42. The van der Waals surface area contributed by atoms with Crippen LogP contribution in [0.4, 0.5) is 0 Å². The van der Waals surface area contributed by atoms with Crippen LogP contribution in [0.25, 0.3) is 235 Å². The van der Waals surface area contributed by atoms with Crippen molar-refractivity contribution in [3.8, 4) is 203 Å². The molecular weight excluding hydrogens is 1830 g/mol. The van der Waals surface area contributed by atoms with E-state index in [9.17, 15) is 0 Å². The Balaban J connectivity index is 0.000000115. The van der Waals surface area contributed by atoms with Gasteiger partial charge in [-0.3, -0.25) is 0 Å². The van der Waals surface area contributed by atoms with Crippen LogP contribution in [0.1, 0.15) is 0 Å². The second-order valence-electron chi connectivity index (χ2n) is 39.8. The molecule has 9 nitrogen and oxygen atoms in total. The van der Waals surface area contributed by atoms with Crippen molar-refractivity contribution in [1.82, 2.24) is 44.9 Å². The summed E-state index contributed by atoms with van der Waals surface area (Å²) in [6.45, 7) is 14.7. The second-order valence-corrected chi connectivity index (χ2v) is 52.8. The van der Waals surface area contributed by atoms with E-state index < -0.39 is 24.2 Å². The van der Waals surface area contributed by atoms with E-state index in [0.29, 0.717) is 46.6 Å².